The van der Waals surface area contributed by atoms with E-state index in [1.165, 1.54) is 15.6 Å². The van der Waals surface area contributed by atoms with Crippen LogP contribution >= 0.6 is 15.9 Å². The van der Waals surface area contributed by atoms with Crippen LogP contribution < -0.4 is 5.32 Å². The normalized spacial score (nSPS) is 12.7. The smallest absolute Gasteiger partial charge is 0.0661 e. The van der Waals surface area contributed by atoms with Gasteiger partial charge in [0.2, 0.25) is 0 Å². The van der Waals surface area contributed by atoms with E-state index in [9.17, 15) is 0 Å². The second kappa shape index (κ2) is 8.68. The number of aryl methyl sites for hydroxylation is 1. The maximum absolute atomic E-state index is 5.69. The van der Waals surface area contributed by atoms with E-state index in [2.05, 4.69) is 60.2 Å². The maximum atomic E-state index is 5.69. The van der Waals surface area contributed by atoms with Gasteiger partial charge >= 0.3 is 0 Å². The summed E-state index contributed by atoms with van der Waals surface area (Å²) in [6.07, 6.45) is 2.20. The van der Waals surface area contributed by atoms with E-state index in [-0.39, 0.29) is 6.04 Å². The van der Waals surface area contributed by atoms with E-state index in [0.717, 1.165) is 32.6 Å². The molecule has 0 radical (unpaired) electrons. The van der Waals surface area contributed by atoms with Crippen LogP contribution in [0.1, 0.15) is 43.9 Å². The number of hydrogen-bond donors (Lipinski definition) is 1. The van der Waals surface area contributed by atoms with Crippen molar-refractivity contribution in [3.63, 3.8) is 0 Å². The molecule has 3 heteroatoms. The van der Waals surface area contributed by atoms with Gasteiger partial charge < -0.3 is 10.1 Å². The summed E-state index contributed by atoms with van der Waals surface area (Å²) in [6.45, 7) is 9.02. The first-order valence-electron chi connectivity index (χ1n) is 6.76. The molecule has 0 aliphatic heterocycles. The van der Waals surface area contributed by atoms with Crippen LogP contribution in [0.4, 0.5) is 0 Å². The van der Waals surface area contributed by atoms with Crippen molar-refractivity contribution in [3.05, 3.63) is 33.8 Å². The molecule has 0 heterocycles. The molecule has 1 N–H and O–H groups in total. The van der Waals surface area contributed by atoms with E-state index in [1.807, 2.05) is 0 Å². The summed E-state index contributed by atoms with van der Waals surface area (Å²) in [5.74, 6) is 0. The lowest BCUT2D eigenvalue weighted by molar-refractivity contribution is 0.112. The molecule has 0 aromatic heterocycles. The Morgan fingerprint density at radius 3 is 2.67 bits per heavy atom. The third-order valence-electron chi connectivity index (χ3n) is 2.87. The SMILES string of the molecule is CCCNC(COCCC)c1ccc(C)c(Br)c1. The van der Waals surface area contributed by atoms with Crippen LogP contribution in [0.3, 0.4) is 0 Å². The largest absolute Gasteiger partial charge is 0.379 e. The van der Waals surface area contributed by atoms with E-state index in [4.69, 9.17) is 4.74 Å². The molecule has 1 atom stereocenters. The quantitative estimate of drug-likeness (QED) is 0.725. The first-order valence-corrected chi connectivity index (χ1v) is 7.55. The number of ether oxygens (including phenoxy) is 1. The Labute approximate surface area is 119 Å². The zero-order valence-corrected chi connectivity index (χ0v) is 13.2. The molecule has 2 nitrogen and oxygen atoms in total. The zero-order chi connectivity index (χ0) is 13.4. The predicted molar refractivity (Wildman–Crippen MR) is 81.0 cm³/mol. The summed E-state index contributed by atoms with van der Waals surface area (Å²) >= 11 is 3.60. The van der Waals surface area contributed by atoms with Crippen molar-refractivity contribution >= 4 is 15.9 Å². The highest BCUT2D eigenvalue weighted by molar-refractivity contribution is 9.10. The summed E-state index contributed by atoms with van der Waals surface area (Å²) in [4.78, 5) is 0. The van der Waals surface area contributed by atoms with Gasteiger partial charge in [-0.05, 0) is 43.5 Å². The van der Waals surface area contributed by atoms with Crippen LogP contribution in [-0.2, 0) is 4.74 Å². The van der Waals surface area contributed by atoms with Gasteiger partial charge in [-0.1, -0.05) is 41.9 Å². The molecule has 1 unspecified atom stereocenters. The summed E-state index contributed by atoms with van der Waals surface area (Å²) in [7, 11) is 0. The Kier molecular flexibility index (Phi) is 7.56. The van der Waals surface area contributed by atoms with Crippen molar-refractivity contribution in [1.29, 1.82) is 0 Å². The summed E-state index contributed by atoms with van der Waals surface area (Å²) < 4.78 is 6.85. The molecule has 1 aromatic rings. The summed E-state index contributed by atoms with van der Waals surface area (Å²) in [6, 6.07) is 6.81. The number of hydrogen-bond acceptors (Lipinski definition) is 2. The molecule has 0 aliphatic carbocycles. The van der Waals surface area contributed by atoms with Gasteiger partial charge in [0, 0.05) is 11.1 Å². The lowest BCUT2D eigenvalue weighted by Gasteiger charge is -2.19. The molecule has 0 saturated heterocycles. The van der Waals surface area contributed by atoms with E-state index < -0.39 is 0 Å². The van der Waals surface area contributed by atoms with Crippen molar-refractivity contribution in [3.8, 4) is 0 Å². The van der Waals surface area contributed by atoms with Crippen molar-refractivity contribution < 1.29 is 4.74 Å². The molecule has 0 aliphatic rings. The highest BCUT2D eigenvalue weighted by Crippen LogP contribution is 2.22. The zero-order valence-electron chi connectivity index (χ0n) is 11.6. The third-order valence-corrected chi connectivity index (χ3v) is 3.73. The van der Waals surface area contributed by atoms with Gasteiger partial charge in [0.1, 0.15) is 0 Å². The van der Waals surface area contributed by atoms with Gasteiger partial charge in [-0.25, -0.2) is 0 Å². The molecule has 0 fully saturated rings. The molecule has 0 spiro atoms. The highest BCUT2D eigenvalue weighted by atomic mass is 79.9. The van der Waals surface area contributed by atoms with Crippen LogP contribution in [0.25, 0.3) is 0 Å². The molecule has 0 saturated carbocycles. The second-order valence-electron chi connectivity index (χ2n) is 4.59. The lowest BCUT2D eigenvalue weighted by atomic mass is 10.1. The minimum absolute atomic E-state index is 0.286. The average Bonchev–Trinajstić information content (AvgIpc) is 2.37. The van der Waals surface area contributed by atoms with Gasteiger partial charge in [-0.15, -0.1) is 0 Å². The minimum Gasteiger partial charge on any atom is -0.379 e. The van der Waals surface area contributed by atoms with Gasteiger partial charge in [0.05, 0.1) is 12.6 Å². The van der Waals surface area contributed by atoms with E-state index in [0.29, 0.717) is 0 Å². The Balaban J connectivity index is 2.70. The fourth-order valence-electron chi connectivity index (χ4n) is 1.76. The Morgan fingerprint density at radius 1 is 1.28 bits per heavy atom. The molecular formula is C15H24BrNO. The van der Waals surface area contributed by atoms with Crippen LogP contribution in [0.15, 0.2) is 22.7 Å². The first-order chi connectivity index (χ1) is 8.69. The number of rotatable bonds is 8. The molecule has 0 bridgehead atoms. The molecular weight excluding hydrogens is 290 g/mol. The first kappa shape index (κ1) is 15.7. The van der Waals surface area contributed by atoms with Crippen molar-refractivity contribution in [1.82, 2.24) is 5.32 Å². The summed E-state index contributed by atoms with van der Waals surface area (Å²) in [5, 5.41) is 3.55. The molecule has 1 aromatic carbocycles. The van der Waals surface area contributed by atoms with Crippen LogP contribution in [0.5, 0.6) is 0 Å². The minimum atomic E-state index is 0.286. The fraction of sp³-hybridized carbons (Fsp3) is 0.600. The fourth-order valence-corrected chi connectivity index (χ4v) is 2.16. The summed E-state index contributed by atoms with van der Waals surface area (Å²) in [5.41, 5.74) is 2.56. The van der Waals surface area contributed by atoms with E-state index in [1.54, 1.807) is 0 Å². The highest BCUT2D eigenvalue weighted by Gasteiger charge is 2.11. The Morgan fingerprint density at radius 2 is 2.06 bits per heavy atom. The molecule has 102 valence electrons. The average molecular weight is 314 g/mol. The van der Waals surface area contributed by atoms with Crippen molar-refractivity contribution in [2.75, 3.05) is 19.8 Å². The molecule has 18 heavy (non-hydrogen) atoms. The standard InChI is InChI=1S/C15H24BrNO/c1-4-8-17-15(11-18-9-5-2)13-7-6-12(3)14(16)10-13/h6-7,10,15,17H,4-5,8-9,11H2,1-3H3. The second-order valence-corrected chi connectivity index (χ2v) is 5.44. The van der Waals surface area contributed by atoms with Gasteiger partial charge in [0.15, 0.2) is 0 Å². The van der Waals surface area contributed by atoms with Crippen molar-refractivity contribution in [2.24, 2.45) is 0 Å². The Bertz CT molecular complexity index is 354. The van der Waals surface area contributed by atoms with Gasteiger partial charge in [0.25, 0.3) is 0 Å². The van der Waals surface area contributed by atoms with Crippen LogP contribution in [-0.4, -0.2) is 19.8 Å². The van der Waals surface area contributed by atoms with Gasteiger partial charge in [-0.2, -0.15) is 0 Å². The molecule has 1 rings (SSSR count). The maximum Gasteiger partial charge on any atom is 0.0661 e. The molecule has 0 amide bonds. The number of halogens is 1. The van der Waals surface area contributed by atoms with Crippen LogP contribution in [0.2, 0.25) is 0 Å². The predicted octanol–water partition coefficient (Wildman–Crippen LogP) is 4.22. The van der Waals surface area contributed by atoms with E-state index >= 15 is 0 Å². The van der Waals surface area contributed by atoms with Gasteiger partial charge in [-0.3, -0.25) is 0 Å². The number of nitrogens with one attached hydrogen (secondary N) is 1. The van der Waals surface area contributed by atoms with Crippen molar-refractivity contribution in [2.45, 2.75) is 39.7 Å². The monoisotopic (exact) mass is 313 g/mol. The van der Waals surface area contributed by atoms with Crippen LogP contribution in [0, 0.1) is 6.92 Å². The number of benzene rings is 1. The third kappa shape index (κ3) is 5.09. The topological polar surface area (TPSA) is 21.3 Å². The Hall–Kier alpha value is -0.380. The lowest BCUT2D eigenvalue weighted by Crippen LogP contribution is -2.26.